The average molecular weight is 287 g/mol. The number of para-hydroxylation sites is 1. The fourth-order valence-corrected chi connectivity index (χ4v) is 2.56. The Hall–Kier alpha value is -2.05. The van der Waals surface area contributed by atoms with Gasteiger partial charge in [0.2, 0.25) is 15.8 Å². The fraction of sp³-hybridized carbons (Fsp3) is 0.300. The van der Waals surface area contributed by atoms with Gasteiger partial charge in [0.05, 0.1) is 16.9 Å². The first-order valence-corrected chi connectivity index (χ1v) is 6.60. The summed E-state index contributed by atoms with van der Waals surface area (Å²) in [7, 11) is -4.25. The molecule has 7 nitrogen and oxygen atoms in total. The summed E-state index contributed by atoms with van der Waals surface area (Å²) in [6.45, 7) is 1.26. The van der Waals surface area contributed by atoms with Crippen molar-refractivity contribution in [2.24, 2.45) is 5.92 Å². The maximum absolute atomic E-state index is 13.3. The minimum absolute atomic E-state index is 0.216. The van der Waals surface area contributed by atoms with Crippen LogP contribution in [0.5, 0.6) is 0 Å². The molecular weight excluding hydrogens is 277 g/mol. The summed E-state index contributed by atoms with van der Waals surface area (Å²) < 4.78 is 39.0. The normalized spacial score (nSPS) is 12.7. The van der Waals surface area contributed by atoms with E-state index in [2.05, 4.69) is 0 Å². The lowest BCUT2D eigenvalue weighted by Gasteiger charge is -2.08. The first-order valence-electron chi connectivity index (χ1n) is 5.11. The van der Waals surface area contributed by atoms with Crippen LogP contribution in [0.15, 0.2) is 23.1 Å². The molecular formula is C10H10FN3O4S. The maximum atomic E-state index is 13.3. The van der Waals surface area contributed by atoms with Crippen molar-refractivity contribution in [2.45, 2.75) is 11.8 Å². The third kappa shape index (κ3) is 3.46. The molecule has 0 bridgehead atoms. The van der Waals surface area contributed by atoms with Crippen LogP contribution in [0.25, 0.3) is 0 Å². The van der Waals surface area contributed by atoms with Gasteiger partial charge in [-0.15, -0.1) is 0 Å². The number of nitriles is 1. The zero-order valence-electron chi connectivity index (χ0n) is 9.83. The molecule has 1 aromatic rings. The van der Waals surface area contributed by atoms with Gasteiger partial charge in [0.15, 0.2) is 4.90 Å². The van der Waals surface area contributed by atoms with Crippen LogP contribution in [-0.4, -0.2) is 19.9 Å². The SMILES string of the molecule is CC(C#N)CNS(=O)(=O)c1cccc(F)c1[N+](=O)[O-]. The van der Waals surface area contributed by atoms with Crippen LogP contribution in [0.4, 0.5) is 10.1 Å². The van der Waals surface area contributed by atoms with E-state index in [1.807, 2.05) is 4.72 Å². The van der Waals surface area contributed by atoms with Crippen molar-refractivity contribution in [1.29, 1.82) is 5.26 Å². The minimum Gasteiger partial charge on any atom is -0.258 e. The van der Waals surface area contributed by atoms with Crippen molar-refractivity contribution in [3.8, 4) is 6.07 Å². The lowest BCUT2D eigenvalue weighted by Crippen LogP contribution is -2.28. The quantitative estimate of drug-likeness (QED) is 0.645. The molecule has 9 heteroatoms. The molecule has 0 heterocycles. The molecule has 1 N–H and O–H groups in total. The van der Waals surface area contributed by atoms with E-state index in [1.54, 1.807) is 6.07 Å². The predicted octanol–water partition coefficient (Wildman–Crippen LogP) is 1.17. The highest BCUT2D eigenvalue weighted by molar-refractivity contribution is 7.89. The molecule has 0 amide bonds. The van der Waals surface area contributed by atoms with Gasteiger partial charge in [-0.05, 0) is 19.1 Å². The third-order valence-corrected chi connectivity index (χ3v) is 3.68. The standard InChI is InChI=1S/C10H10FN3O4S/c1-7(5-12)6-13-19(17,18)9-4-2-3-8(11)10(9)14(15)16/h2-4,7,13H,6H2,1H3. The molecule has 0 aromatic heterocycles. The van der Waals surface area contributed by atoms with Crippen LogP contribution in [0.3, 0.4) is 0 Å². The maximum Gasteiger partial charge on any atom is 0.324 e. The molecule has 0 aliphatic carbocycles. The highest BCUT2D eigenvalue weighted by Crippen LogP contribution is 2.26. The van der Waals surface area contributed by atoms with E-state index in [4.69, 9.17) is 5.26 Å². The number of halogens is 1. The van der Waals surface area contributed by atoms with Crippen LogP contribution in [0.1, 0.15) is 6.92 Å². The fourth-order valence-electron chi connectivity index (χ4n) is 1.25. The molecule has 0 radical (unpaired) electrons. The zero-order chi connectivity index (χ0) is 14.6. The number of benzene rings is 1. The van der Waals surface area contributed by atoms with Crippen LogP contribution < -0.4 is 4.72 Å². The Bertz CT molecular complexity index is 639. The molecule has 0 saturated carbocycles. The number of rotatable bonds is 5. The Labute approximate surface area is 108 Å². The molecule has 0 aliphatic rings. The summed E-state index contributed by atoms with van der Waals surface area (Å²) in [5, 5.41) is 19.2. The highest BCUT2D eigenvalue weighted by atomic mass is 32.2. The van der Waals surface area contributed by atoms with Gasteiger partial charge >= 0.3 is 5.69 Å². The van der Waals surface area contributed by atoms with E-state index < -0.39 is 37.3 Å². The number of nitrogens with one attached hydrogen (secondary N) is 1. The van der Waals surface area contributed by atoms with Crippen LogP contribution in [0.2, 0.25) is 0 Å². The van der Waals surface area contributed by atoms with Gasteiger partial charge in [-0.1, -0.05) is 6.07 Å². The number of hydrogen-bond acceptors (Lipinski definition) is 5. The molecule has 102 valence electrons. The lowest BCUT2D eigenvalue weighted by atomic mass is 10.2. The summed E-state index contributed by atoms with van der Waals surface area (Å²) in [4.78, 5) is 8.84. The molecule has 1 aromatic carbocycles. The number of nitro benzene ring substituents is 1. The highest BCUT2D eigenvalue weighted by Gasteiger charge is 2.29. The van der Waals surface area contributed by atoms with E-state index in [9.17, 15) is 22.9 Å². The molecule has 0 fully saturated rings. The second-order valence-corrected chi connectivity index (χ2v) is 5.46. The molecule has 0 aliphatic heterocycles. The first kappa shape index (κ1) is 15.0. The van der Waals surface area contributed by atoms with E-state index in [1.165, 1.54) is 6.92 Å². The largest absolute Gasteiger partial charge is 0.324 e. The average Bonchev–Trinajstić information content (AvgIpc) is 2.35. The molecule has 19 heavy (non-hydrogen) atoms. The molecule has 1 rings (SSSR count). The zero-order valence-corrected chi connectivity index (χ0v) is 10.6. The summed E-state index contributed by atoms with van der Waals surface area (Å²) in [5.74, 6) is -1.84. The number of nitrogens with zero attached hydrogens (tertiary/aromatic N) is 2. The summed E-state index contributed by atoms with van der Waals surface area (Å²) in [6.07, 6.45) is 0. The van der Waals surface area contributed by atoms with Crippen LogP contribution >= 0.6 is 0 Å². The van der Waals surface area contributed by atoms with Crippen LogP contribution in [-0.2, 0) is 10.0 Å². The monoisotopic (exact) mass is 287 g/mol. The number of nitro groups is 1. The minimum atomic E-state index is -4.25. The summed E-state index contributed by atoms with van der Waals surface area (Å²) in [6, 6.07) is 4.59. The Kier molecular flexibility index (Phi) is 4.52. The molecule has 0 saturated heterocycles. The Balaban J connectivity index is 3.19. The van der Waals surface area contributed by atoms with Gasteiger partial charge in [-0.3, -0.25) is 10.1 Å². The second kappa shape index (κ2) is 5.73. The van der Waals surface area contributed by atoms with Crippen molar-refractivity contribution in [3.05, 3.63) is 34.1 Å². The van der Waals surface area contributed by atoms with E-state index in [0.717, 1.165) is 18.2 Å². The predicted molar refractivity (Wildman–Crippen MR) is 63.0 cm³/mol. The van der Waals surface area contributed by atoms with Crippen molar-refractivity contribution in [1.82, 2.24) is 4.72 Å². The van der Waals surface area contributed by atoms with E-state index >= 15 is 0 Å². The summed E-state index contributed by atoms with van der Waals surface area (Å²) in [5.41, 5.74) is -1.11. The van der Waals surface area contributed by atoms with Gasteiger partial charge in [-0.2, -0.15) is 9.65 Å². The van der Waals surface area contributed by atoms with Gasteiger partial charge in [0.1, 0.15) is 0 Å². The number of sulfonamides is 1. The summed E-state index contributed by atoms with van der Waals surface area (Å²) >= 11 is 0. The molecule has 0 spiro atoms. The second-order valence-electron chi connectivity index (χ2n) is 3.73. The molecule has 1 unspecified atom stereocenters. The Morgan fingerprint density at radius 2 is 2.21 bits per heavy atom. The van der Waals surface area contributed by atoms with Crippen molar-refractivity contribution >= 4 is 15.7 Å². The van der Waals surface area contributed by atoms with Crippen molar-refractivity contribution in [2.75, 3.05) is 6.54 Å². The van der Waals surface area contributed by atoms with Crippen LogP contribution in [0, 0.1) is 33.2 Å². The third-order valence-electron chi connectivity index (χ3n) is 2.22. The van der Waals surface area contributed by atoms with Gasteiger partial charge in [-0.25, -0.2) is 13.1 Å². The topological polar surface area (TPSA) is 113 Å². The van der Waals surface area contributed by atoms with Gasteiger partial charge in [0.25, 0.3) is 0 Å². The van der Waals surface area contributed by atoms with Crippen molar-refractivity contribution in [3.63, 3.8) is 0 Å². The smallest absolute Gasteiger partial charge is 0.258 e. The van der Waals surface area contributed by atoms with Gasteiger partial charge < -0.3 is 0 Å². The Morgan fingerprint density at radius 3 is 2.74 bits per heavy atom. The van der Waals surface area contributed by atoms with E-state index in [-0.39, 0.29) is 6.54 Å². The first-order chi connectivity index (χ1) is 8.79. The molecule has 1 atom stereocenters. The lowest BCUT2D eigenvalue weighted by molar-refractivity contribution is -0.390. The van der Waals surface area contributed by atoms with Crippen molar-refractivity contribution < 1.29 is 17.7 Å². The Morgan fingerprint density at radius 1 is 1.58 bits per heavy atom. The van der Waals surface area contributed by atoms with Gasteiger partial charge in [0, 0.05) is 6.54 Å². The number of hydrogen-bond donors (Lipinski definition) is 1. The van der Waals surface area contributed by atoms with E-state index in [0.29, 0.717) is 0 Å².